The molecule has 3 aromatic rings. The number of likely N-dealkylation sites (N-methyl/N-ethyl adjacent to an activating group) is 1. The van der Waals surface area contributed by atoms with E-state index in [2.05, 4.69) is 19.9 Å². The van der Waals surface area contributed by atoms with Gasteiger partial charge in [0.2, 0.25) is 11.8 Å². The van der Waals surface area contributed by atoms with Crippen molar-refractivity contribution in [3.05, 3.63) is 42.9 Å². The maximum absolute atomic E-state index is 13.1. The van der Waals surface area contributed by atoms with Gasteiger partial charge in [-0.2, -0.15) is 4.98 Å². The van der Waals surface area contributed by atoms with E-state index in [-0.39, 0.29) is 30.2 Å². The van der Waals surface area contributed by atoms with Gasteiger partial charge in [0.15, 0.2) is 6.10 Å². The molecule has 0 radical (unpaired) electrons. The summed E-state index contributed by atoms with van der Waals surface area (Å²) in [5.74, 6) is 0.885. The lowest BCUT2D eigenvalue weighted by Crippen LogP contribution is -2.50. The van der Waals surface area contributed by atoms with Crippen molar-refractivity contribution >= 4 is 17.5 Å². The fourth-order valence-corrected chi connectivity index (χ4v) is 3.48. The van der Waals surface area contributed by atoms with Crippen LogP contribution in [0.5, 0.6) is 17.6 Å². The fraction of sp³-hybridized carbons (Fsp3) is 0.348. The second kappa shape index (κ2) is 10.3. The summed E-state index contributed by atoms with van der Waals surface area (Å²) in [6, 6.07) is 7.38. The summed E-state index contributed by atoms with van der Waals surface area (Å²) in [5.41, 5.74) is 6.76. The van der Waals surface area contributed by atoms with Crippen LogP contribution in [0.15, 0.2) is 42.9 Å². The molecule has 34 heavy (non-hydrogen) atoms. The number of nitrogens with zero attached hydrogens (tertiary/aromatic N) is 5. The standard InChI is InChI=1S/C23H27N7O4/c1-29(2)19(31)14-30-17-13-27-23(28-21(17)34-18(22(30)32)8-3-4-9-24)33-16-7-5-6-15(12-16)20-25-10-11-26-20/h5-7,10-13,18H,3-4,8-9,14,24H2,1-2H3,(H,25,26). The molecule has 0 fully saturated rings. The normalized spacial score (nSPS) is 15.0. The molecule has 178 valence electrons. The van der Waals surface area contributed by atoms with E-state index in [1.54, 1.807) is 32.6 Å². The third-order valence-corrected chi connectivity index (χ3v) is 5.33. The van der Waals surface area contributed by atoms with Crippen molar-refractivity contribution in [2.24, 2.45) is 5.73 Å². The number of ether oxygens (including phenoxy) is 2. The van der Waals surface area contributed by atoms with Crippen LogP contribution >= 0.6 is 0 Å². The van der Waals surface area contributed by atoms with Gasteiger partial charge in [-0.25, -0.2) is 9.97 Å². The number of imidazole rings is 1. The van der Waals surface area contributed by atoms with Crippen LogP contribution in [-0.2, 0) is 9.59 Å². The van der Waals surface area contributed by atoms with Gasteiger partial charge >= 0.3 is 6.01 Å². The molecule has 0 spiro atoms. The van der Waals surface area contributed by atoms with Crippen LogP contribution in [-0.4, -0.2) is 69.9 Å². The Morgan fingerprint density at radius 2 is 2.15 bits per heavy atom. The first-order chi connectivity index (χ1) is 16.5. The van der Waals surface area contributed by atoms with Gasteiger partial charge in [0.1, 0.15) is 23.8 Å². The minimum Gasteiger partial charge on any atom is -0.463 e. The van der Waals surface area contributed by atoms with Crippen molar-refractivity contribution in [2.45, 2.75) is 25.4 Å². The SMILES string of the molecule is CN(C)C(=O)CN1C(=O)C(CCCCN)Oc2nc(Oc3cccc(-c4ncc[nH]4)c3)ncc21. The molecule has 1 unspecified atom stereocenters. The molecule has 3 N–H and O–H groups in total. The van der Waals surface area contributed by atoms with Gasteiger partial charge < -0.3 is 25.1 Å². The Bertz CT molecular complexity index is 1150. The van der Waals surface area contributed by atoms with Crippen LogP contribution in [0.1, 0.15) is 19.3 Å². The average Bonchev–Trinajstić information content (AvgIpc) is 3.37. The number of carbonyl (C=O) groups is 2. The van der Waals surface area contributed by atoms with E-state index >= 15 is 0 Å². The summed E-state index contributed by atoms with van der Waals surface area (Å²) in [7, 11) is 3.27. The smallest absolute Gasteiger partial charge is 0.325 e. The largest absolute Gasteiger partial charge is 0.463 e. The Morgan fingerprint density at radius 1 is 1.29 bits per heavy atom. The molecule has 0 aliphatic carbocycles. The summed E-state index contributed by atoms with van der Waals surface area (Å²) in [6.07, 6.45) is 6.03. The third kappa shape index (κ3) is 5.15. The predicted molar refractivity (Wildman–Crippen MR) is 124 cm³/mol. The number of carbonyl (C=O) groups excluding carboxylic acids is 2. The molecule has 3 heterocycles. The number of rotatable bonds is 9. The molecule has 0 saturated carbocycles. The zero-order valence-electron chi connectivity index (χ0n) is 19.1. The predicted octanol–water partition coefficient (Wildman–Crippen LogP) is 1.97. The highest BCUT2D eigenvalue weighted by atomic mass is 16.5. The number of anilines is 1. The Morgan fingerprint density at radius 3 is 2.88 bits per heavy atom. The van der Waals surface area contributed by atoms with E-state index in [1.165, 1.54) is 16.0 Å². The summed E-state index contributed by atoms with van der Waals surface area (Å²) in [4.78, 5) is 44.2. The number of unbranched alkanes of at least 4 members (excludes halogenated alkanes) is 1. The van der Waals surface area contributed by atoms with E-state index in [0.717, 1.165) is 12.0 Å². The maximum Gasteiger partial charge on any atom is 0.325 e. The van der Waals surface area contributed by atoms with Crippen molar-refractivity contribution in [1.82, 2.24) is 24.8 Å². The molecule has 1 aliphatic rings. The molecule has 0 bridgehead atoms. The van der Waals surface area contributed by atoms with Gasteiger partial charge in [-0.05, 0) is 37.9 Å². The van der Waals surface area contributed by atoms with Crippen LogP contribution in [0.4, 0.5) is 5.69 Å². The van der Waals surface area contributed by atoms with E-state index in [1.807, 2.05) is 18.2 Å². The van der Waals surface area contributed by atoms with E-state index in [4.69, 9.17) is 15.2 Å². The third-order valence-electron chi connectivity index (χ3n) is 5.33. The van der Waals surface area contributed by atoms with Gasteiger partial charge in [0.05, 0.1) is 6.20 Å². The molecule has 2 aromatic heterocycles. The number of nitrogens with one attached hydrogen (secondary N) is 1. The van der Waals surface area contributed by atoms with Crippen LogP contribution in [0, 0.1) is 0 Å². The molecule has 1 aliphatic heterocycles. The highest BCUT2D eigenvalue weighted by Crippen LogP contribution is 2.35. The second-order valence-corrected chi connectivity index (χ2v) is 8.01. The van der Waals surface area contributed by atoms with E-state index in [0.29, 0.717) is 36.6 Å². The molecular weight excluding hydrogens is 438 g/mol. The van der Waals surface area contributed by atoms with Crippen molar-refractivity contribution in [2.75, 3.05) is 32.1 Å². The molecule has 11 heteroatoms. The van der Waals surface area contributed by atoms with E-state index < -0.39 is 6.10 Å². The Labute approximate surface area is 196 Å². The Kier molecular flexibility index (Phi) is 7.02. The molecular formula is C23H27N7O4. The van der Waals surface area contributed by atoms with Crippen LogP contribution < -0.4 is 20.1 Å². The van der Waals surface area contributed by atoms with Crippen LogP contribution in [0.25, 0.3) is 11.4 Å². The molecule has 4 rings (SSSR count). The van der Waals surface area contributed by atoms with E-state index in [9.17, 15) is 9.59 Å². The van der Waals surface area contributed by atoms with Crippen molar-refractivity contribution in [3.63, 3.8) is 0 Å². The Hall–Kier alpha value is -3.99. The van der Waals surface area contributed by atoms with Crippen molar-refractivity contribution < 1.29 is 19.1 Å². The zero-order chi connectivity index (χ0) is 24.1. The van der Waals surface area contributed by atoms with Gasteiger partial charge in [-0.15, -0.1) is 0 Å². The van der Waals surface area contributed by atoms with Gasteiger partial charge in [-0.3, -0.25) is 14.5 Å². The molecule has 0 saturated heterocycles. The summed E-state index contributed by atoms with van der Waals surface area (Å²) in [5, 5.41) is 0. The first-order valence-corrected chi connectivity index (χ1v) is 11.0. The highest BCUT2D eigenvalue weighted by molar-refractivity contribution is 6.03. The first-order valence-electron chi connectivity index (χ1n) is 11.0. The monoisotopic (exact) mass is 465 g/mol. The lowest BCUT2D eigenvalue weighted by Gasteiger charge is -2.33. The van der Waals surface area contributed by atoms with Gasteiger partial charge in [-0.1, -0.05) is 12.1 Å². The highest BCUT2D eigenvalue weighted by Gasteiger charge is 2.37. The van der Waals surface area contributed by atoms with Crippen molar-refractivity contribution in [1.29, 1.82) is 0 Å². The fourth-order valence-electron chi connectivity index (χ4n) is 3.48. The zero-order valence-corrected chi connectivity index (χ0v) is 19.1. The number of hydrogen-bond donors (Lipinski definition) is 2. The lowest BCUT2D eigenvalue weighted by molar-refractivity contribution is -0.132. The topological polar surface area (TPSA) is 140 Å². The molecule has 2 amide bonds. The Balaban J connectivity index is 1.59. The lowest BCUT2D eigenvalue weighted by atomic mass is 10.1. The molecule has 1 atom stereocenters. The number of hydrogen-bond acceptors (Lipinski definition) is 8. The molecule has 1 aromatic carbocycles. The first kappa shape index (κ1) is 23.2. The van der Waals surface area contributed by atoms with Gasteiger partial charge in [0.25, 0.3) is 5.91 Å². The van der Waals surface area contributed by atoms with Crippen molar-refractivity contribution in [3.8, 4) is 29.0 Å². The summed E-state index contributed by atoms with van der Waals surface area (Å²) < 4.78 is 11.8. The number of H-pyrrole nitrogens is 1. The number of benzene rings is 1. The number of fused-ring (bicyclic) bond motifs is 1. The second-order valence-electron chi connectivity index (χ2n) is 8.01. The van der Waals surface area contributed by atoms with Crippen LogP contribution in [0.2, 0.25) is 0 Å². The number of aromatic amines is 1. The maximum atomic E-state index is 13.1. The number of aromatic nitrogens is 4. The minimum absolute atomic E-state index is 0.0595. The van der Waals surface area contributed by atoms with Crippen LogP contribution in [0.3, 0.4) is 0 Å². The quantitative estimate of drug-likeness (QED) is 0.457. The summed E-state index contributed by atoms with van der Waals surface area (Å²) >= 11 is 0. The average molecular weight is 466 g/mol. The summed E-state index contributed by atoms with van der Waals surface area (Å²) in [6.45, 7) is 0.391. The number of amides is 2. The molecule has 11 nitrogen and oxygen atoms in total. The number of nitrogens with two attached hydrogens (primary N) is 1. The minimum atomic E-state index is -0.765. The van der Waals surface area contributed by atoms with Gasteiger partial charge in [0, 0.05) is 32.1 Å².